The number of hydrogen-bond donors (Lipinski definition) is 2. The molecule has 0 aliphatic rings. The van der Waals surface area contributed by atoms with Crippen molar-refractivity contribution in [3.63, 3.8) is 0 Å². The minimum absolute atomic E-state index is 0.110. The molecule has 0 radical (unpaired) electrons. The molecule has 24 heavy (non-hydrogen) atoms. The van der Waals surface area contributed by atoms with E-state index >= 15 is 0 Å². The second-order valence-electron chi connectivity index (χ2n) is 5.86. The lowest BCUT2D eigenvalue weighted by atomic mass is 9.99. The van der Waals surface area contributed by atoms with Gasteiger partial charge in [-0.25, -0.2) is 0 Å². The standard InChI is InChI=1S/C20H34N2O2/c1-4-12-19(23)21-16-10-7-8-14-18(6-3)15-9-11-17-22-20(24)13-5-2/h6-7,9-11,18H,3-5,8,12-17H2,1-2H3,(H,21,23)(H,22,24). The summed E-state index contributed by atoms with van der Waals surface area (Å²) >= 11 is 0. The summed E-state index contributed by atoms with van der Waals surface area (Å²) in [6, 6.07) is 0. The maximum absolute atomic E-state index is 11.3. The van der Waals surface area contributed by atoms with Crippen molar-refractivity contribution in [1.29, 1.82) is 0 Å². The molecule has 4 heteroatoms. The summed E-state index contributed by atoms with van der Waals surface area (Å²) in [5.41, 5.74) is 0. The second-order valence-corrected chi connectivity index (χ2v) is 5.86. The van der Waals surface area contributed by atoms with E-state index in [0.29, 0.717) is 31.8 Å². The number of nitrogens with one attached hydrogen (secondary N) is 2. The summed E-state index contributed by atoms with van der Waals surface area (Å²) in [7, 11) is 0. The van der Waals surface area contributed by atoms with Crippen molar-refractivity contribution in [3.8, 4) is 0 Å². The van der Waals surface area contributed by atoms with E-state index < -0.39 is 0 Å². The van der Waals surface area contributed by atoms with Crippen LogP contribution in [0, 0.1) is 5.92 Å². The molecular weight excluding hydrogens is 300 g/mol. The first-order valence-electron chi connectivity index (χ1n) is 9.09. The molecule has 1 atom stereocenters. The summed E-state index contributed by atoms with van der Waals surface area (Å²) in [6.07, 6.45) is 16.1. The lowest BCUT2D eigenvalue weighted by molar-refractivity contribution is -0.121. The lowest BCUT2D eigenvalue weighted by Gasteiger charge is -2.08. The topological polar surface area (TPSA) is 58.2 Å². The molecule has 0 aliphatic heterocycles. The molecule has 0 spiro atoms. The highest BCUT2D eigenvalue weighted by molar-refractivity contribution is 5.76. The van der Waals surface area contributed by atoms with E-state index in [0.717, 1.165) is 32.1 Å². The van der Waals surface area contributed by atoms with Crippen LogP contribution in [0.25, 0.3) is 0 Å². The minimum Gasteiger partial charge on any atom is -0.353 e. The third-order valence-electron chi connectivity index (χ3n) is 3.60. The molecule has 2 N–H and O–H groups in total. The van der Waals surface area contributed by atoms with Crippen molar-refractivity contribution >= 4 is 11.8 Å². The Morgan fingerprint density at radius 2 is 1.46 bits per heavy atom. The first-order valence-corrected chi connectivity index (χ1v) is 9.09. The van der Waals surface area contributed by atoms with Crippen LogP contribution in [0.5, 0.6) is 0 Å². The fourth-order valence-corrected chi connectivity index (χ4v) is 2.17. The molecule has 0 aromatic carbocycles. The van der Waals surface area contributed by atoms with E-state index in [1.807, 2.05) is 32.1 Å². The highest BCUT2D eigenvalue weighted by Crippen LogP contribution is 2.13. The smallest absolute Gasteiger partial charge is 0.220 e. The maximum atomic E-state index is 11.3. The largest absolute Gasteiger partial charge is 0.353 e. The average Bonchev–Trinajstić information content (AvgIpc) is 2.56. The fraction of sp³-hybridized carbons (Fsp3) is 0.600. The Morgan fingerprint density at radius 3 is 1.96 bits per heavy atom. The highest BCUT2D eigenvalue weighted by Gasteiger charge is 2.00. The van der Waals surface area contributed by atoms with E-state index in [9.17, 15) is 9.59 Å². The van der Waals surface area contributed by atoms with E-state index in [2.05, 4.69) is 29.4 Å². The summed E-state index contributed by atoms with van der Waals surface area (Å²) in [6.45, 7) is 9.09. The average molecular weight is 335 g/mol. The van der Waals surface area contributed by atoms with E-state index in [1.165, 1.54) is 0 Å². The summed E-state index contributed by atoms with van der Waals surface area (Å²) in [5, 5.41) is 5.72. The van der Waals surface area contributed by atoms with Crippen LogP contribution in [0.15, 0.2) is 37.0 Å². The van der Waals surface area contributed by atoms with Crippen LogP contribution in [0.2, 0.25) is 0 Å². The number of carbonyl (C=O) groups is 2. The number of hydrogen-bond acceptors (Lipinski definition) is 2. The molecule has 0 saturated heterocycles. The Kier molecular flexibility index (Phi) is 14.8. The van der Waals surface area contributed by atoms with Gasteiger partial charge in [0.05, 0.1) is 0 Å². The van der Waals surface area contributed by atoms with Crippen molar-refractivity contribution in [2.45, 2.75) is 58.8 Å². The Balaban J connectivity index is 3.77. The Bertz CT molecular complexity index is 414. The van der Waals surface area contributed by atoms with Crippen LogP contribution in [0.4, 0.5) is 0 Å². The number of amides is 2. The van der Waals surface area contributed by atoms with Gasteiger partial charge in [0.15, 0.2) is 0 Å². The predicted octanol–water partition coefficient (Wildman–Crippen LogP) is 3.90. The summed E-state index contributed by atoms with van der Waals surface area (Å²) in [5.74, 6) is 0.660. The van der Waals surface area contributed by atoms with Crippen LogP contribution in [-0.4, -0.2) is 24.9 Å². The monoisotopic (exact) mass is 334 g/mol. The van der Waals surface area contributed by atoms with E-state index in [-0.39, 0.29) is 11.8 Å². The quantitative estimate of drug-likeness (QED) is 0.473. The van der Waals surface area contributed by atoms with Crippen LogP contribution in [-0.2, 0) is 9.59 Å². The lowest BCUT2D eigenvalue weighted by Crippen LogP contribution is -2.22. The SMILES string of the molecule is C=CC(CC=CCNC(=O)CCC)CCC=CCNC(=O)CCC. The number of rotatable bonds is 14. The van der Waals surface area contributed by atoms with Crippen molar-refractivity contribution in [3.05, 3.63) is 37.0 Å². The van der Waals surface area contributed by atoms with E-state index in [4.69, 9.17) is 0 Å². The molecule has 0 aliphatic carbocycles. The highest BCUT2D eigenvalue weighted by atomic mass is 16.2. The molecule has 1 unspecified atom stereocenters. The molecule has 0 bridgehead atoms. The minimum atomic E-state index is 0.110. The molecule has 0 heterocycles. The van der Waals surface area contributed by atoms with Crippen molar-refractivity contribution in [2.75, 3.05) is 13.1 Å². The molecule has 0 rings (SSSR count). The van der Waals surface area contributed by atoms with Crippen LogP contribution < -0.4 is 10.6 Å². The summed E-state index contributed by atoms with van der Waals surface area (Å²) in [4.78, 5) is 22.6. The predicted molar refractivity (Wildman–Crippen MR) is 102 cm³/mol. The molecule has 2 amide bonds. The van der Waals surface area contributed by atoms with E-state index in [1.54, 1.807) is 0 Å². The zero-order chi connectivity index (χ0) is 18.0. The second kappa shape index (κ2) is 16.0. The van der Waals surface area contributed by atoms with Crippen molar-refractivity contribution in [1.82, 2.24) is 10.6 Å². The van der Waals surface area contributed by atoms with Gasteiger partial charge in [-0.05, 0) is 38.0 Å². The maximum Gasteiger partial charge on any atom is 0.220 e. The van der Waals surface area contributed by atoms with Crippen LogP contribution >= 0.6 is 0 Å². The molecule has 4 nitrogen and oxygen atoms in total. The third kappa shape index (κ3) is 13.8. The Hall–Kier alpha value is -1.84. The molecule has 0 fully saturated rings. The number of allylic oxidation sites excluding steroid dienone is 3. The van der Waals surface area contributed by atoms with Gasteiger partial charge in [-0.1, -0.05) is 44.2 Å². The van der Waals surface area contributed by atoms with Crippen molar-refractivity contribution in [2.24, 2.45) is 5.92 Å². The molecule has 0 saturated carbocycles. The van der Waals surface area contributed by atoms with Gasteiger partial charge in [0.2, 0.25) is 11.8 Å². The molecular formula is C20H34N2O2. The van der Waals surface area contributed by atoms with Gasteiger partial charge in [0, 0.05) is 25.9 Å². The molecule has 0 aromatic rings. The van der Waals surface area contributed by atoms with Gasteiger partial charge in [-0.3, -0.25) is 9.59 Å². The van der Waals surface area contributed by atoms with Gasteiger partial charge in [0.25, 0.3) is 0 Å². The normalized spacial score (nSPS) is 12.4. The fourth-order valence-electron chi connectivity index (χ4n) is 2.17. The van der Waals surface area contributed by atoms with Gasteiger partial charge < -0.3 is 10.6 Å². The zero-order valence-electron chi connectivity index (χ0n) is 15.4. The van der Waals surface area contributed by atoms with Gasteiger partial charge in [-0.15, -0.1) is 6.58 Å². The third-order valence-corrected chi connectivity index (χ3v) is 3.60. The van der Waals surface area contributed by atoms with Gasteiger partial charge in [-0.2, -0.15) is 0 Å². The number of carbonyl (C=O) groups excluding carboxylic acids is 2. The Labute approximate surface area is 147 Å². The molecule has 136 valence electrons. The first kappa shape index (κ1) is 22.2. The first-order chi connectivity index (χ1) is 11.6. The molecule has 0 aromatic heterocycles. The van der Waals surface area contributed by atoms with Crippen LogP contribution in [0.1, 0.15) is 58.8 Å². The van der Waals surface area contributed by atoms with Crippen LogP contribution in [0.3, 0.4) is 0 Å². The Morgan fingerprint density at radius 1 is 0.917 bits per heavy atom. The van der Waals surface area contributed by atoms with Gasteiger partial charge >= 0.3 is 0 Å². The van der Waals surface area contributed by atoms with Gasteiger partial charge in [0.1, 0.15) is 0 Å². The zero-order valence-corrected chi connectivity index (χ0v) is 15.4. The summed E-state index contributed by atoms with van der Waals surface area (Å²) < 4.78 is 0. The van der Waals surface area contributed by atoms with Crippen molar-refractivity contribution < 1.29 is 9.59 Å².